The molecule has 11 nitrogen and oxygen atoms in total. The van der Waals surface area contributed by atoms with Crippen molar-refractivity contribution in [3.63, 3.8) is 0 Å². The number of benzene rings is 1. The Hall–Kier alpha value is -3.56. The molecule has 15 heteroatoms. The summed E-state index contributed by atoms with van der Waals surface area (Å²) in [5.74, 6) is -1.50. The van der Waals surface area contributed by atoms with Crippen LogP contribution in [0.1, 0.15) is 62.2 Å². The van der Waals surface area contributed by atoms with Gasteiger partial charge in [0.1, 0.15) is 16.9 Å². The van der Waals surface area contributed by atoms with Crippen molar-refractivity contribution in [2.24, 2.45) is 0 Å². The molecular weight excluding hydrogens is 596 g/mol. The van der Waals surface area contributed by atoms with Gasteiger partial charge in [-0.25, -0.2) is 19.0 Å². The molecule has 3 N–H and O–H groups in total. The van der Waals surface area contributed by atoms with Crippen molar-refractivity contribution in [3.05, 3.63) is 41.0 Å². The number of aliphatic hydroxyl groups excluding tert-OH is 1. The van der Waals surface area contributed by atoms with Gasteiger partial charge in [-0.15, -0.1) is 5.10 Å². The number of carbonyl (C=O) groups excluding carboxylic acids is 1. The van der Waals surface area contributed by atoms with Crippen molar-refractivity contribution >= 4 is 28.6 Å². The molecule has 0 aliphatic carbocycles. The zero-order chi connectivity index (χ0) is 31.7. The van der Waals surface area contributed by atoms with Crippen molar-refractivity contribution in [1.82, 2.24) is 29.5 Å². The lowest BCUT2D eigenvalue weighted by Crippen LogP contribution is -2.41. The van der Waals surface area contributed by atoms with Gasteiger partial charge in [-0.05, 0) is 61.8 Å². The molecule has 3 aromatic rings. The van der Waals surface area contributed by atoms with Crippen LogP contribution in [-0.4, -0.2) is 92.0 Å². The summed E-state index contributed by atoms with van der Waals surface area (Å²) in [6.07, 6.45) is -2.07. The minimum absolute atomic E-state index is 0.00675. The fourth-order valence-corrected chi connectivity index (χ4v) is 6.36. The van der Waals surface area contributed by atoms with E-state index in [-0.39, 0.29) is 41.5 Å². The number of anilines is 2. The highest BCUT2D eigenvalue weighted by Gasteiger charge is 2.38. The van der Waals surface area contributed by atoms with Gasteiger partial charge in [-0.2, -0.15) is 13.2 Å². The van der Waals surface area contributed by atoms with E-state index in [2.05, 4.69) is 30.6 Å². The predicted molar refractivity (Wildman–Crippen MR) is 158 cm³/mol. The standard InChI is InChI=1S/C30H38F4N8O3/c1-18(43)41-11-8-22(9-12-41)36-28-26-25(37-29(38-28)30(32,33)34)27(39-42(26)24-4-2-3-13-45-24)35-15-23(44)17-40-10-7-19-14-21(31)6-5-20(19)16-40/h5-6,14,22-24,44H,2-4,7-13,15-17H2,1H3,(H,35,39)(H,36,37,38)/t23-,24?/m0/s1. The molecule has 0 saturated carbocycles. The second kappa shape index (κ2) is 13.0. The van der Waals surface area contributed by atoms with Gasteiger partial charge in [0.05, 0.1) is 6.10 Å². The van der Waals surface area contributed by atoms with Gasteiger partial charge in [0.25, 0.3) is 0 Å². The van der Waals surface area contributed by atoms with Crippen LogP contribution < -0.4 is 10.6 Å². The molecule has 1 unspecified atom stereocenters. The van der Waals surface area contributed by atoms with Gasteiger partial charge in [0.2, 0.25) is 11.7 Å². The normalized spacial score (nSPS) is 20.7. The third-order valence-corrected chi connectivity index (χ3v) is 8.74. The van der Waals surface area contributed by atoms with E-state index in [1.165, 1.54) is 19.1 Å². The maximum Gasteiger partial charge on any atom is 0.451 e. The lowest BCUT2D eigenvalue weighted by molar-refractivity contribution is -0.144. The van der Waals surface area contributed by atoms with Crippen LogP contribution in [0.15, 0.2) is 18.2 Å². The number of hydrogen-bond acceptors (Lipinski definition) is 9. The number of alkyl halides is 3. The maximum atomic E-state index is 14.1. The smallest absolute Gasteiger partial charge is 0.390 e. The number of nitrogens with one attached hydrogen (secondary N) is 2. The van der Waals surface area contributed by atoms with Crippen LogP contribution in [0.3, 0.4) is 0 Å². The first-order valence-corrected chi connectivity index (χ1v) is 15.5. The summed E-state index contributed by atoms with van der Waals surface area (Å²) in [4.78, 5) is 23.4. The highest BCUT2D eigenvalue weighted by molar-refractivity contribution is 5.94. The number of hydrogen-bond donors (Lipinski definition) is 3. The Morgan fingerprint density at radius 1 is 1.11 bits per heavy atom. The molecule has 0 radical (unpaired) electrons. The molecule has 3 aliphatic rings. The average Bonchev–Trinajstić information content (AvgIpc) is 3.39. The summed E-state index contributed by atoms with van der Waals surface area (Å²) in [5, 5.41) is 21.8. The molecule has 0 spiro atoms. The molecule has 5 heterocycles. The second-order valence-corrected chi connectivity index (χ2v) is 12.1. The van der Waals surface area contributed by atoms with Crippen LogP contribution in [0.5, 0.6) is 0 Å². The van der Waals surface area contributed by atoms with Gasteiger partial charge < -0.3 is 25.4 Å². The van der Waals surface area contributed by atoms with E-state index in [0.717, 1.165) is 24.0 Å². The van der Waals surface area contributed by atoms with Crippen molar-refractivity contribution in [2.75, 3.05) is 50.0 Å². The van der Waals surface area contributed by atoms with Crippen molar-refractivity contribution in [2.45, 2.75) is 76.5 Å². The molecule has 45 heavy (non-hydrogen) atoms. The summed E-state index contributed by atoms with van der Waals surface area (Å²) in [5.41, 5.74) is 2.23. The monoisotopic (exact) mass is 634 g/mol. The van der Waals surface area contributed by atoms with E-state index in [1.54, 1.807) is 15.6 Å². The summed E-state index contributed by atoms with van der Waals surface area (Å²) in [6, 6.07) is 4.51. The van der Waals surface area contributed by atoms with Crippen molar-refractivity contribution < 1.29 is 32.2 Å². The lowest BCUT2D eigenvalue weighted by atomic mass is 9.99. The van der Waals surface area contributed by atoms with Crippen LogP contribution in [0, 0.1) is 5.82 Å². The molecular formula is C30H38F4N8O3. The fraction of sp³-hybridized carbons (Fsp3) is 0.600. The van der Waals surface area contributed by atoms with Crippen molar-refractivity contribution in [3.8, 4) is 0 Å². The van der Waals surface area contributed by atoms with Crippen LogP contribution in [-0.2, 0) is 28.7 Å². The Morgan fingerprint density at radius 2 is 1.91 bits per heavy atom. The number of ether oxygens (including phenoxy) is 1. The first-order valence-electron chi connectivity index (χ1n) is 15.5. The summed E-state index contributed by atoms with van der Waals surface area (Å²) >= 11 is 0. The van der Waals surface area contributed by atoms with Crippen LogP contribution >= 0.6 is 0 Å². The zero-order valence-electron chi connectivity index (χ0n) is 25.1. The van der Waals surface area contributed by atoms with Crippen LogP contribution in [0.2, 0.25) is 0 Å². The molecule has 2 fully saturated rings. The number of amides is 1. The van der Waals surface area contributed by atoms with Crippen LogP contribution in [0.4, 0.5) is 29.2 Å². The molecule has 3 aliphatic heterocycles. The summed E-state index contributed by atoms with van der Waals surface area (Å²) < 4.78 is 63.4. The van der Waals surface area contributed by atoms with Gasteiger partial charge in [0.15, 0.2) is 17.9 Å². The Morgan fingerprint density at radius 3 is 2.62 bits per heavy atom. The van der Waals surface area contributed by atoms with E-state index in [4.69, 9.17) is 4.74 Å². The SMILES string of the molecule is CC(=O)N1CCC(Nc2nc(C(F)(F)F)nc3c(NC[C@H](O)CN4CCc5cc(F)ccc5C4)nn(C4CCCCO4)c23)CC1. The molecule has 244 valence electrons. The maximum absolute atomic E-state index is 14.1. The molecule has 1 aromatic carbocycles. The Bertz CT molecular complexity index is 1520. The fourth-order valence-electron chi connectivity index (χ4n) is 6.36. The highest BCUT2D eigenvalue weighted by atomic mass is 19.4. The zero-order valence-corrected chi connectivity index (χ0v) is 25.1. The number of nitrogens with zero attached hydrogens (tertiary/aromatic N) is 6. The van der Waals surface area contributed by atoms with Gasteiger partial charge in [-0.3, -0.25) is 9.69 Å². The average molecular weight is 635 g/mol. The number of aliphatic hydroxyl groups is 1. The quantitative estimate of drug-likeness (QED) is 0.317. The first-order chi connectivity index (χ1) is 21.5. The van der Waals surface area contributed by atoms with E-state index in [9.17, 15) is 27.5 Å². The topological polar surface area (TPSA) is 121 Å². The first kappa shape index (κ1) is 31.4. The molecule has 0 bridgehead atoms. The number of aromatic nitrogens is 4. The number of fused-ring (bicyclic) bond motifs is 2. The predicted octanol–water partition coefficient (Wildman–Crippen LogP) is 3.94. The molecule has 2 saturated heterocycles. The molecule has 6 rings (SSSR count). The third-order valence-electron chi connectivity index (χ3n) is 8.74. The number of β-amino-alcohol motifs (C(OH)–C–C–N with tert-alkyl or cyclic N) is 1. The second-order valence-electron chi connectivity index (χ2n) is 12.1. The van der Waals surface area contributed by atoms with E-state index in [1.807, 2.05) is 0 Å². The minimum atomic E-state index is -4.81. The number of halogens is 4. The Labute approximate surface area is 257 Å². The number of carbonyl (C=O) groups is 1. The minimum Gasteiger partial charge on any atom is -0.390 e. The Kier molecular flexibility index (Phi) is 9.11. The van der Waals surface area contributed by atoms with Gasteiger partial charge in [-0.1, -0.05) is 6.07 Å². The third kappa shape index (κ3) is 7.15. The molecule has 2 aromatic heterocycles. The van der Waals surface area contributed by atoms with Crippen molar-refractivity contribution in [1.29, 1.82) is 0 Å². The van der Waals surface area contributed by atoms with E-state index < -0.39 is 24.3 Å². The summed E-state index contributed by atoms with van der Waals surface area (Å²) in [7, 11) is 0. The number of piperidine rings is 1. The van der Waals surface area contributed by atoms with Gasteiger partial charge in [0, 0.05) is 58.8 Å². The van der Waals surface area contributed by atoms with E-state index >= 15 is 0 Å². The van der Waals surface area contributed by atoms with Gasteiger partial charge >= 0.3 is 6.18 Å². The summed E-state index contributed by atoms with van der Waals surface area (Å²) in [6.45, 7) is 4.50. The number of likely N-dealkylation sites (tertiary alicyclic amines) is 1. The van der Waals surface area contributed by atoms with Crippen LogP contribution in [0.25, 0.3) is 11.0 Å². The van der Waals surface area contributed by atoms with E-state index in [0.29, 0.717) is 70.5 Å². The highest BCUT2D eigenvalue weighted by Crippen LogP contribution is 2.37. The number of rotatable bonds is 8. The largest absolute Gasteiger partial charge is 0.451 e. The molecule has 1 amide bonds. The Balaban J connectivity index is 1.26. The molecule has 2 atom stereocenters. The lowest BCUT2D eigenvalue weighted by Gasteiger charge is -2.32.